The van der Waals surface area contributed by atoms with Gasteiger partial charge in [-0.25, -0.2) is 0 Å². The Labute approximate surface area is 189 Å². The molecular formula is C23H22ClN3O5. The van der Waals surface area contributed by atoms with Gasteiger partial charge in [0.05, 0.1) is 31.6 Å². The molecule has 0 aromatic heterocycles. The zero-order valence-electron chi connectivity index (χ0n) is 17.5. The Morgan fingerprint density at radius 2 is 1.94 bits per heavy atom. The highest BCUT2D eigenvalue weighted by Gasteiger charge is 2.71. The molecule has 0 aliphatic carbocycles. The van der Waals surface area contributed by atoms with Crippen molar-refractivity contribution < 1.29 is 24.2 Å². The lowest BCUT2D eigenvalue weighted by Crippen LogP contribution is -2.54. The Kier molecular flexibility index (Phi) is 4.77. The highest BCUT2D eigenvalue weighted by atomic mass is 35.5. The van der Waals surface area contributed by atoms with E-state index in [0.717, 1.165) is 0 Å². The van der Waals surface area contributed by atoms with Crippen LogP contribution in [0.15, 0.2) is 42.5 Å². The molecule has 32 heavy (non-hydrogen) atoms. The molecule has 5 atom stereocenters. The predicted octanol–water partition coefficient (Wildman–Crippen LogP) is 1.65. The number of likely N-dealkylation sites (tertiary alicyclic amines) is 1. The van der Waals surface area contributed by atoms with Gasteiger partial charge in [-0.3, -0.25) is 24.6 Å². The number of rotatable bonds is 4. The number of para-hydroxylation sites is 1. The third-order valence-corrected chi connectivity index (χ3v) is 6.98. The number of carbonyl (C=O) groups excluding carboxylic acids is 3. The van der Waals surface area contributed by atoms with E-state index in [1.807, 2.05) is 0 Å². The first-order valence-corrected chi connectivity index (χ1v) is 10.7. The highest BCUT2D eigenvalue weighted by molar-refractivity contribution is 6.31. The van der Waals surface area contributed by atoms with Gasteiger partial charge in [-0.05, 0) is 31.2 Å². The lowest BCUT2D eigenvalue weighted by molar-refractivity contribution is -0.143. The lowest BCUT2D eigenvalue weighted by atomic mass is 9.76. The quantitative estimate of drug-likeness (QED) is 0.605. The minimum absolute atomic E-state index is 0.0152. The van der Waals surface area contributed by atoms with Crippen molar-refractivity contribution in [3.8, 4) is 5.75 Å². The number of aliphatic hydroxyl groups excluding tert-OH is 1. The summed E-state index contributed by atoms with van der Waals surface area (Å²) >= 11 is 6.22. The van der Waals surface area contributed by atoms with Crippen LogP contribution in [0.3, 0.4) is 0 Å². The summed E-state index contributed by atoms with van der Waals surface area (Å²) in [4.78, 5) is 41.7. The van der Waals surface area contributed by atoms with Crippen LogP contribution >= 0.6 is 11.6 Å². The highest BCUT2D eigenvalue weighted by Crippen LogP contribution is 2.54. The van der Waals surface area contributed by atoms with Gasteiger partial charge in [0, 0.05) is 27.9 Å². The zero-order chi connectivity index (χ0) is 22.8. The second-order valence-electron chi connectivity index (χ2n) is 8.44. The van der Waals surface area contributed by atoms with E-state index in [-0.39, 0.29) is 6.54 Å². The van der Waals surface area contributed by atoms with Crippen molar-refractivity contribution in [3.63, 3.8) is 0 Å². The first kappa shape index (κ1) is 20.9. The molecule has 8 nitrogen and oxygen atoms in total. The Hall–Kier alpha value is -2.94. The van der Waals surface area contributed by atoms with Crippen molar-refractivity contribution in [3.05, 3.63) is 58.6 Å². The molecule has 2 saturated heterocycles. The number of benzene rings is 2. The Bertz CT molecular complexity index is 1150. The molecule has 3 amide bonds. The van der Waals surface area contributed by atoms with E-state index in [2.05, 4.69) is 10.6 Å². The molecule has 0 bridgehead atoms. The van der Waals surface area contributed by atoms with E-state index in [4.69, 9.17) is 16.3 Å². The molecule has 0 unspecified atom stereocenters. The normalized spacial score (nSPS) is 29.3. The van der Waals surface area contributed by atoms with Crippen LogP contribution in [0.1, 0.15) is 18.1 Å². The molecule has 3 N–H and O–H groups in total. The van der Waals surface area contributed by atoms with Crippen molar-refractivity contribution in [2.75, 3.05) is 12.4 Å². The van der Waals surface area contributed by atoms with Crippen LogP contribution in [-0.4, -0.2) is 47.0 Å². The number of imide groups is 1. The minimum Gasteiger partial charge on any atom is -0.496 e. The number of anilines is 1. The van der Waals surface area contributed by atoms with Gasteiger partial charge >= 0.3 is 0 Å². The standard InChI is InChI=1S/C23H22ClN3O5/c1-11(28)19-17-18(23(26-19)14-9-13(24)7-8-15(14)25-22(23)31)21(30)27(20(17)29)10-12-5-3-4-6-16(12)32-2/h3-9,11,17-19,26,28H,10H2,1-2H3,(H,25,31)/t11-,17+,18-,19+,23-/m0/s1. The van der Waals surface area contributed by atoms with Gasteiger partial charge in [-0.2, -0.15) is 0 Å². The van der Waals surface area contributed by atoms with Gasteiger partial charge < -0.3 is 15.2 Å². The minimum atomic E-state index is -1.49. The monoisotopic (exact) mass is 455 g/mol. The van der Waals surface area contributed by atoms with Crippen LogP contribution in [0.4, 0.5) is 5.69 Å². The topological polar surface area (TPSA) is 108 Å². The second kappa shape index (κ2) is 7.30. The molecule has 3 heterocycles. The van der Waals surface area contributed by atoms with Gasteiger partial charge in [-0.15, -0.1) is 0 Å². The average molecular weight is 456 g/mol. The Morgan fingerprint density at radius 1 is 1.19 bits per heavy atom. The fourth-order valence-electron chi connectivity index (χ4n) is 5.34. The van der Waals surface area contributed by atoms with Crippen LogP contribution < -0.4 is 15.4 Å². The van der Waals surface area contributed by atoms with Gasteiger partial charge in [0.1, 0.15) is 11.3 Å². The summed E-state index contributed by atoms with van der Waals surface area (Å²) < 4.78 is 5.37. The zero-order valence-corrected chi connectivity index (χ0v) is 18.2. The molecule has 166 valence electrons. The molecule has 9 heteroatoms. The maximum Gasteiger partial charge on any atom is 0.250 e. The average Bonchev–Trinajstić information content (AvgIpc) is 3.35. The van der Waals surface area contributed by atoms with Crippen molar-refractivity contribution >= 4 is 35.0 Å². The van der Waals surface area contributed by atoms with E-state index in [0.29, 0.717) is 27.6 Å². The maximum absolute atomic E-state index is 13.7. The number of carbonyl (C=O) groups is 3. The van der Waals surface area contributed by atoms with Crippen LogP contribution in [0.5, 0.6) is 5.75 Å². The summed E-state index contributed by atoms with van der Waals surface area (Å²) in [5.41, 5.74) is 0.217. The number of aliphatic hydroxyl groups is 1. The molecular weight excluding hydrogens is 434 g/mol. The van der Waals surface area contributed by atoms with Crippen LogP contribution in [-0.2, 0) is 26.5 Å². The lowest BCUT2D eigenvalue weighted by Gasteiger charge is -2.30. The predicted molar refractivity (Wildman–Crippen MR) is 116 cm³/mol. The van der Waals surface area contributed by atoms with Gasteiger partial charge in [0.25, 0.3) is 0 Å². The van der Waals surface area contributed by atoms with Crippen molar-refractivity contribution in [1.29, 1.82) is 0 Å². The fourth-order valence-corrected chi connectivity index (χ4v) is 5.51. The number of nitrogens with one attached hydrogen (secondary N) is 2. The first-order chi connectivity index (χ1) is 15.3. The Balaban J connectivity index is 1.62. The van der Waals surface area contributed by atoms with E-state index < -0.39 is 47.2 Å². The number of nitrogens with zero attached hydrogens (tertiary/aromatic N) is 1. The summed E-state index contributed by atoms with van der Waals surface area (Å²) in [6.45, 7) is 1.56. The number of amides is 3. The number of hydrogen-bond donors (Lipinski definition) is 3. The molecule has 1 spiro atoms. The van der Waals surface area contributed by atoms with E-state index >= 15 is 0 Å². The van der Waals surface area contributed by atoms with Crippen LogP contribution in [0.2, 0.25) is 5.02 Å². The third-order valence-electron chi connectivity index (χ3n) is 6.74. The van der Waals surface area contributed by atoms with Gasteiger partial charge in [0.15, 0.2) is 0 Å². The van der Waals surface area contributed by atoms with Gasteiger partial charge in [0.2, 0.25) is 17.7 Å². The summed E-state index contributed by atoms with van der Waals surface area (Å²) in [5.74, 6) is -2.68. The van der Waals surface area contributed by atoms with Crippen molar-refractivity contribution in [1.82, 2.24) is 10.2 Å². The van der Waals surface area contributed by atoms with Crippen molar-refractivity contribution in [2.45, 2.75) is 31.2 Å². The molecule has 0 saturated carbocycles. The van der Waals surface area contributed by atoms with Crippen LogP contribution in [0.25, 0.3) is 0 Å². The Morgan fingerprint density at radius 3 is 2.66 bits per heavy atom. The molecule has 3 aliphatic rings. The summed E-state index contributed by atoms with van der Waals surface area (Å²) in [6, 6.07) is 11.3. The molecule has 0 radical (unpaired) electrons. The number of ether oxygens (including phenoxy) is 1. The molecule has 3 aliphatic heterocycles. The van der Waals surface area contributed by atoms with Gasteiger partial charge in [-0.1, -0.05) is 29.8 Å². The number of fused-ring (bicyclic) bond motifs is 4. The van der Waals surface area contributed by atoms with E-state index in [1.54, 1.807) is 49.4 Å². The number of halogens is 1. The largest absolute Gasteiger partial charge is 0.496 e. The molecule has 2 aromatic rings. The number of hydrogen-bond acceptors (Lipinski definition) is 6. The van der Waals surface area contributed by atoms with Crippen LogP contribution in [0, 0.1) is 11.8 Å². The molecule has 2 aromatic carbocycles. The van der Waals surface area contributed by atoms with E-state index in [1.165, 1.54) is 12.0 Å². The summed E-state index contributed by atoms with van der Waals surface area (Å²) in [5, 5.41) is 16.8. The second-order valence-corrected chi connectivity index (χ2v) is 8.88. The van der Waals surface area contributed by atoms with Crippen molar-refractivity contribution in [2.24, 2.45) is 11.8 Å². The maximum atomic E-state index is 13.7. The summed E-state index contributed by atoms with van der Waals surface area (Å²) in [6.07, 6.45) is -0.971. The third kappa shape index (κ3) is 2.73. The fraction of sp³-hybridized carbons (Fsp3) is 0.348. The van der Waals surface area contributed by atoms with E-state index in [9.17, 15) is 19.5 Å². The first-order valence-electron chi connectivity index (χ1n) is 10.3. The smallest absolute Gasteiger partial charge is 0.250 e. The molecule has 2 fully saturated rings. The number of methoxy groups -OCH3 is 1. The summed E-state index contributed by atoms with van der Waals surface area (Å²) in [7, 11) is 1.52. The molecule has 5 rings (SSSR count). The SMILES string of the molecule is COc1ccccc1CN1C(=O)[C@H]2[C@@H]([C@H](C)O)N[C@]3(C(=O)Nc4ccc(Cl)cc43)[C@@H]2C1=O.